The van der Waals surface area contributed by atoms with Gasteiger partial charge < -0.3 is 10.0 Å². The molecule has 0 saturated carbocycles. The van der Waals surface area contributed by atoms with Crippen LogP contribution in [0.2, 0.25) is 0 Å². The molecule has 2 nitrogen and oxygen atoms in total. The largest absolute Gasteiger partial charge is 0.488 e. The Morgan fingerprint density at radius 3 is 1.11 bits per heavy atom. The van der Waals surface area contributed by atoms with Gasteiger partial charge in [-0.2, -0.15) is 0 Å². The van der Waals surface area contributed by atoms with Crippen molar-refractivity contribution < 1.29 is 10.0 Å². The van der Waals surface area contributed by atoms with E-state index in [0.29, 0.717) is 5.46 Å². The molecule has 0 atom stereocenters. The molecule has 258 valence electrons. The normalized spacial score (nSPS) is 11.2. The summed E-state index contributed by atoms with van der Waals surface area (Å²) in [5, 5.41) is 24.2. The standard InChI is InChI=1S/C24H17BO2S.C24H15BrS/c26-25(27)18-10-4-9-17(15-18)20-12-6-14-22-21-13-5-11-19(23(21)28-24(20)22)16-7-2-1-3-8-16;25-18-10-4-9-17(15-18)20-12-6-14-22-21-13-5-11-19(23(21)26-24(20)22)16-7-2-1-3-8-16/h1-15,26-27H;1-15H. The van der Waals surface area contributed by atoms with E-state index >= 15 is 0 Å². The molecule has 0 unspecified atom stereocenters. The molecule has 2 heterocycles. The molecule has 6 heteroatoms. The summed E-state index contributed by atoms with van der Waals surface area (Å²) in [5.74, 6) is 0. The number of rotatable bonds is 5. The molecule has 10 aromatic rings. The Labute approximate surface area is 330 Å². The molecule has 0 saturated heterocycles. The van der Waals surface area contributed by atoms with Gasteiger partial charge in [0.25, 0.3) is 0 Å². The SMILES string of the molecule is Brc1cccc(-c2cccc3c2sc2c(-c4ccccc4)cccc23)c1.OB(O)c1cccc(-c2cccc3c2sc2c(-c4ccccc4)cccc23)c1. The van der Waals surface area contributed by atoms with Crippen molar-refractivity contribution in [2.45, 2.75) is 0 Å². The van der Waals surface area contributed by atoms with Crippen molar-refractivity contribution in [1.29, 1.82) is 0 Å². The fraction of sp³-hybridized carbons (Fsp3) is 0. The van der Waals surface area contributed by atoms with Gasteiger partial charge in [-0.25, -0.2) is 0 Å². The number of hydrogen-bond acceptors (Lipinski definition) is 4. The van der Waals surface area contributed by atoms with E-state index < -0.39 is 7.12 Å². The minimum absolute atomic E-state index is 0.501. The van der Waals surface area contributed by atoms with E-state index in [4.69, 9.17) is 0 Å². The van der Waals surface area contributed by atoms with Gasteiger partial charge in [0.05, 0.1) is 0 Å². The molecular formula is C48H32BBrO2S2. The number of fused-ring (bicyclic) bond motifs is 6. The van der Waals surface area contributed by atoms with Crippen LogP contribution in [-0.2, 0) is 0 Å². The highest BCUT2D eigenvalue weighted by molar-refractivity contribution is 9.10. The highest BCUT2D eigenvalue weighted by atomic mass is 79.9. The number of halogens is 1. The maximum Gasteiger partial charge on any atom is 0.488 e. The van der Waals surface area contributed by atoms with Crippen molar-refractivity contribution in [3.8, 4) is 44.5 Å². The summed E-state index contributed by atoms with van der Waals surface area (Å²) in [6.45, 7) is 0. The minimum atomic E-state index is -1.47. The number of thiophene rings is 2. The van der Waals surface area contributed by atoms with Gasteiger partial charge in [-0.1, -0.05) is 186 Å². The van der Waals surface area contributed by atoms with Crippen LogP contribution in [0.25, 0.3) is 84.9 Å². The van der Waals surface area contributed by atoms with Gasteiger partial charge in [0.15, 0.2) is 0 Å². The lowest BCUT2D eigenvalue weighted by molar-refractivity contribution is 0.426. The van der Waals surface area contributed by atoms with Crippen LogP contribution in [-0.4, -0.2) is 17.2 Å². The zero-order chi connectivity index (χ0) is 36.6. The predicted molar refractivity (Wildman–Crippen MR) is 238 cm³/mol. The van der Waals surface area contributed by atoms with E-state index in [9.17, 15) is 10.0 Å². The highest BCUT2D eigenvalue weighted by Crippen LogP contribution is 2.45. The van der Waals surface area contributed by atoms with Gasteiger partial charge in [-0.3, -0.25) is 0 Å². The van der Waals surface area contributed by atoms with Crippen molar-refractivity contribution in [3.63, 3.8) is 0 Å². The molecule has 0 bridgehead atoms. The van der Waals surface area contributed by atoms with E-state index in [1.807, 2.05) is 35.6 Å². The fourth-order valence-corrected chi connectivity index (χ4v) is 10.5. The second-order valence-corrected chi connectivity index (χ2v) is 16.1. The highest BCUT2D eigenvalue weighted by Gasteiger charge is 2.17. The van der Waals surface area contributed by atoms with E-state index in [1.54, 1.807) is 17.4 Å². The Morgan fingerprint density at radius 2 is 0.704 bits per heavy atom. The second kappa shape index (κ2) is 14.8. The molecule has 10 rings (SSSR count). The Morgan fingerprint density at radius 1 is 0.352 bits per heavy atom. The average molecular weight is 796 g/mol. The summed E-state index contributed by atoms with van der Waals surface area (Å²) in [6.07, 6.45) is 0. The fourth-order valence-electron chi connectivity index (χ4n) is 7.31. The van der Waals surface area contributed by atoms with Gasteiger partial charge in [-0.05, 0) is 62.1 Å². The molecule has 8 aromatic carbocycles. The third-order valence-corrected chi connectivity index (χ3v) is 12.9. The third-order valence-electron chi connectivity index (χ3n) is 9.85. The van der Waals surface area contributed by atoms with Crippen molar-refractivity contribution in [3.05, 3.63) is 186 Å². The van der Waals surface area contributed by atoms with Crippen molar-refractivity contribution in [1.82, 2.24) is 0 Å². The summed E-state index contributed by atoms with van der Waals surface area (Å²) in [4.78, 5) is 0. The smallest absolute Gasteiger partial charge is 0.423 e. The number of benzene rings is 8. The first-order valence-corrected chi connectivity index (χ1v) is 20.2. The first kappa shape index (κ1) is 34.4. The van der Waals surface area contributed by atoms with Gasteiger partial charge >= 0.3 is 7.12 Å². The van der Waals surface area contributed by atoms with Gasteiger partial charge in [0, 0.05) is 44.8 Å². The first-order chi connectivity index (χ1) is 26.5. The lowest BCUT2D eigenvalue weighted by Gasteiger charge is -2.06. The average Bonchev–Trinajstić information content (AvgIpc) is 3.81. The summed E-state index contributed by atoms with van der Waals surface area (Å²) in [5.41, 5.74) is 10.2. The lowest BCUT2D eigenvalue weighted by atomic mass is 9.79. The second-order valence-electron chi connectivity index (χ2n) is 13.2. The first-order valence-electron chi connectivity index (χ1n) is 17.8. The van der Waals surface area contributed by atoms with E-state index in [1.165, 1.54) is 73.7 Å². The minimum Gasteiger partial charge on any atom is -0.423 e. The summed E-state index contributed by atoms with van der Waals surface area (Å²) in [6, 6.07) is 63.2. The number of hydrogen-bond donors (Lipinski definition) is 2. The van der Waals surface area contributed by atoms with Crippen LogP contribution >= 0.6 is 38.6 Å². The molecular weight excluding hydrogens is 763 g/mol. The predicted octanol–water partition coefficient (Wildman–Crippen LogP) is 13.2. The van der Waals surface area contributed by atoms with Crippen LogP contribution in [0.1, 0.15) is 0 Å². The van der Waals surface area contributed by atoms with Crippen LogP contribution in [0.15, 0.2) is 186 Å². The molecule has 0 fully saturated rings. The van der Waals surface area contributed by atoms with Crippen LogP contribution in [0, 0.1) is 0 Å². The topological polar surface area (TPSA) is 40.5 Å². The van der Waals surface area contributed by atoms with Crippen LogP contribution in [0.3, 0.4) is 0 Å². The summed E-state index contributed by atoms with van der Waals surface area (Å²) >= 11 is 7.29. The third kappa shape index (κ3) is 6.47. The monoisotopic (exact) mass is 794 g/mol. The molecule has 0 aliphatic rings. The summed E-state index contributed by atoms with van der Waals surface area (Å²) in [7, 11) is -1.47. The Hall–Kier alpha value is -5.34. The molecule has 2 N–H and O–H groups in total. The van der Waals surface area contributed by atoms with E-state index in [-0.39, 0.29) is 0 Å². The van der Waals surface area contributed by atoms with Gasteiger partial charge in [0.1, 0.15) is 0 Å². The lowest BCUT2D eigenvalue weighted by Crippen LogP contribution is -2.29. The molecule has 0 aliphatic carbocycles. The Kier molecular flexibility index (Phi) is 9.46. The maximum atomic E-state index is 9.54. The van der Waals surface area contributed by atoms with Gasteiger partial charge in [-0.15, -0.1) is 22.7 Å². The van der Waals surface area contributed by atoms with Crippen LogP contribution < -0.4 is 5.46 Å². The Balaban J connectivity index is 0.000000143. The molecule has 0 radical (unpaired) electrons. The Bertz CT molecular complexity index is 2930. The molecule has 0 spiro atoms. The zero-order valence-corrected chi connectivity index (χ0v) is 32.2. The van der Waals surface area contributed by atoms with E-state index in [0.717, 1.165) is 15.6 Å². The summed E-state index contributed by atoms with van der Waals surface area (Å²) < 4.78 is 6.30. The quantitative estimate of drug-likeness (QED) is 0.170. The maximum absolute atomic E-state index is 9.54. The van der Waals surface area contributed by atoms with E-state index in [2.05, 4.69) is 168 Å². The van der Waals surface area contributed by atoms with Crippen molar-refractivity contribution in [2.24, 2.45) is 0 Å². The molecule has 54 heavy (non-hydrogen) atoms. The van der Waals surface area contributed by atoms with Crippen molar-refractivity contribution in [2.75, 3.05) is 0 Å². The van der Waals surface area contributed by atoms with Crippen molar-refractivity contribution >= 4 is 91.5 Å². The van der Waals surface area contributed by atoms with Crippen LogP contribution in [0.4, 0.5) is 0 Å². The molecule has 0 amide bonds. The van der Waals surface area contributed by atoms with Crippen LogP contribution in [0.5, 0.6) is 0 Å². The molecule has 0 aliphatic heterocycles. The molecule has 2 aromatic heterocycles. The zero-order valence-electron chi connectivity index (χ0n) is 29.0. The van der Waals surface area contributed by atoms with Gasteiger partial charge in [0.2, 0.25) is 0 Å².